The Morgan fingerprint density at radius 2 is 2.24 bits per heavy atom. The Kier molecular flexibility index (Phi) is 3.03. The third kappa shape index (κ3) is 2.10. The summed E-state index contributed by atoms with van der Waals surface area (Å²) in [6, 6.07) is 1.40. The quantitative estimate of drug-likeness (QED) is 0.652. The number of rotatable bonds is 3. The lowest BCUT2D eigenvalue weighted by molar-refractivity contribution is 0.682. The van der Waals surface area contributed by atoms with Crippen LogP contribution in [0.4, 0.5) is 5.82 Å². The van der Waals surface area contributed by atoms with E-state index < -0.39 is 0 Å². The topological polar surface area (TPSA) is 122 Å². The average molecular weight is 233 g/mol. The first kappa shape index (κ1) is 11.5. The fourth-order valence-corrected chi connectivity index (χ4v) is 1.45. The van der Waals surface area contributed by atoms with Crippen LogP contribution in [-0.4, -0.2) is 26.3 Å². The zero-order valence-corrected chi connectivity index (χ0v) is 9.54. The SMILES string of the molecule is Cn1ncc(-c2ccnc(C(N)CN)n2)c1N. The van der Waals surface area contributed by atoms with E-state index in [4.69, 9.17) is 17.2 Å². The number of aryl methyl sites for hydroxylation is 1. The van der Waals surface area contributed by atoms with Gasteiger partial charge in [0.1, 0.15) is 11.6 Å². The molecule has 0 spiro atoms. The highest BCUT2D eigenvalue weighted by Gasteiger charge is 2.12. The molecule has 0 aromatic carbocycles. The van der Waals surface area contributed by atoms with Crippen molar-refractivity contribution in [3.63, 3.8) is 0 Å². The first-order valence-electron chi connectivity index (χ1n) is 5.20. The number of anilines is 1. The van der Waals surface area contributed by atoms with Crippen LogP contribution >= 0.6 is 0 Å². The van der Waals surface area contributed by atoms with Crippen LogP contribution in [-0.2, 0) is 7.05 Å². The van der Waals surface area contributed by atoms with Crippen LogP contribution < -0.4 is 17.2 Å². The maximum Gasteiger partial charge on any atom is 0.146 e. The third-order valence-electron chi connectivity index (χ3n) is 2.52. The average Bonchev–Trinajstić information content (AvgIpc) is 2.69. The summed E-state index contributed by atoms with van der Waals surface area (Å²) in [5, 5.41) is 4.06. The van der Waals surface area contributed by atoms with Crippen molar-refractivity contribution in [1.29, 1.82) is 0 Å². The summed E-state index contributed by atoms with van der Waals surface area (Å²) in [6.45, 7) is 0.298. The van der Waals surface area contributed by atoms with Crippen molar-refractivity contribution in [3.8, 4) is 11.3 Å². The molecule has 0 aliphatic rings. The van der Waals surface area contributed by atoms with Crippen molar-refractivity contribution in [2.45, 2.75) is 6.04 Å². The molecule has 0 radical (unpaired) electrons. The predicted octanol–water partition coefficient (Wildman–Crippen LogP) is -0.582. The minimum atomic E-state index is -0.368. The van der Waals surface area contributed by atoms with Gasteiger partial charge in [0, 0.05) is 19.8 Å². The molecule has 7 nitrogen and oxygen atoms in total. The lowest BCUT2D eigenvalue weighted by Crippen LogP contribution is -2.23. The number of hydrogen-bond acceptors (Lipinski definition) is 6. The molecule has 2 aromatic heterocycles. The molecular weight excluding hydrogens is 218 g/mol. The number of aromatic nitrogens is 4. The lowest BCUT2D eigenvalue weighted by Gasteiger charge is -2.08. The van der Waals surface area contributed by atoms with Gasteiger partial charge in [-0.25, -0.2) is 9.97 Å². The number of nitrogens with zero attached hydrogens (tertiary/aromatic N) is 4. The van der Waals surface area contributed by atoms with E-state index in [-0.39, 0.29) is 6.04 Å². The minimum absolute atomic E-state index is 0.298. The van der Waals surface area contributed by atoms with Gasteiger partial charge in [0.2, 0.25) is 0 Å². The van der Waals surface area contributed by atoms with Crippen LogP contribution in [0.5, 0.6) is 0 Å². The van der Waals surface area contributed by atoms with Gasteiger partial charge in [0.15, 0.2) is 0 Å². The molecule has 2 heterocycles. The molecule has 6 N–H and O–H groups in total. The molecule has 0 amide bonds. The minimum Gasteiger partial charge on any atom is -0.383 e. The highest BCUT2D eigenvalue weighted by atomic mass is 15.3. The van der Waals surface area contributed by atoms with Gasteiger partial charge in [-0.3, -0.25) is 4.68 Å². The molecule has 2 aromatic rings. The Balaban J connectivity index is 2.43. The number of hydrogen-bond donors (Lipinski definition) is 3. The van der Waals surface area contributed by atoms with Crippen LogP contribution in [0.2, 0.25) is 0 Å². The Bertz CT molecular complexity index is 519. The van der Waals surface area contributed by atoms with Crippen molar-refractivity contribution < 1.29 is 0 Å². The van der Waals surface area contributed by atoms with E-state index in [9.17, 15) is 0 Å². The molecule has 1 atom stereocenters. The van der Waals surface area contributed by atoms with Gasteiger partial charge in [-0.2, -0.15) is 5.10 Å². The highest BCUT2D eigenvalue weighted by Crippen LogP contribution is 2.23. The largest absolute Gasteiger partial charge is 0.383 e. The molecule has 0 bridgehead atoms. The maximum absolute atomic E-state index is 5.88. The Hall–Kier alpha value is -1.99. The molecule has 0 aliphatic heterocycles. The van der Waals surface area contributed by atoms with Gasteiger partial charge in [-0.05, 0) is 6.07 Å². The normalized spacial score (nSPS) is 12.6. The van der Waals surface area contributed by atoms with Gasteiger partial charge in [0.05, 0.1) is 23.5 Å². The van der Waals surface area contributed by atoms with Crippen LogP contribution in [0, 0.1) is 0 Å². The molecule has 90 valence electrons. The summed E-state index contributed by atoms with van der Waals surface area (Å²) in [4.78, 5) is 8.43. The summed E-state index contributed by atoms with van der Waals surface area (Å²) in [6.07, 6.45) is 3.30. The van der Waals surface area contributed by atoms with Crippen LogP contribution in [0.25, 0.3) is 11.3 Å². The molecule has 0 saturated heterocycles. The second-order valence-corrected chi connectivity index (χ2v) is 3.71. The van der Waals surface area contributed by atoms with Crippen molar-refractivity contribution >= 4 is 5.82 Å². The Morgan fingerprint density at radius 3 is 2.82 bits per heavy atom. The summed E-state index contributed by atoms with van der Waals surface area (Å²) in [5.74, 6) is 1.06. The molecule has 0 fully saturated rings. The van der Waals surface area contributed by atoms with Crippen LogP contribution in [0.1, 0.15) is 11.9 Å². The smallest absolute Gasteiger partial charge is 0.146 e. The second kappa shape index (κ2) is 4.48. The van der Waals surface area contributed by atoms with E-state index in [0.717, 1.165) is 5.56 Å². The van der Waals surface area contributed by atoms with Gasteiger partial charge in [-0.15, -0.1) is 0 Å². The number of nitrogen functional groups attached to an aromatic ring is 1. The summed E-state index contributed by atoms with van der Waals surface area (Å²) in [5.41, 5.74) is 18.6. The van der Waals surface area contributed by atoms with Crippen molar-refractivity contribution in [2.75, 3.05) is 12.3 Å². The monoisotopic (exact) mass is 233 g/mol. The van der Waals surface area contributed by atoms with Crippen molar-refractivity contribution in [1.82, 2.24) is 19.7 Å². The summed E-state index contributed by atoms with van der Waals surface area (Å²) in [7, 11) is 1.77. The molecule has 17 heavy (non-hydrogen) atoms. The summed E-state index contributed by atoms with van der Waals surface area (Å²) < 4.78 is 1.58. The first-order valence-corrected chi connectivity index (χ1v) is 5.20. The van der Waals surface area contributed by atoms with Gasteiger partial charge in [-0.1, -0.05) is 0 Å². The number of nitrogens with two attached hydrogens (primary N) is 3. The fourth-order valence-electron chi connectivity index (χ4n) is 1.45. The van der Waals surface area contributed by atoms with Crippen LogP contribution in [0.3, 0.4) is 0 Å². The highest BCUT2D eigenvalue weighted by molar-refractivity contribution is 5.70. The van der Waals surface area contributed by atoms with E-state index in [1.54, 1.807) is 30.2 Å². The van der Waals surface area contributed by atoms with E-state index in [0.29, 0.717) is 23.9 Å². The van der Waals surface area contributed by atoms with Gasteiger partial charge >= 0.3 is 0 Å². The standard InChI is InChI=1S/C10H15N7/c1-17-9(13)6(5-15-17)8-2-3-14-10(16-8)7(12)4-11/h2-3,5,7H,4,11-13H2,1H3. The third-order valence-corrected chi connectivity index (χ3v) is 2.52. The molecular formula is C10H15N7. The molecule has 0 saturated carbocycles. The van der Waals surface area contributed by atoms with E-state index >= 15 is 0 Å². The lowest BCUT2D eigenvalue weighted by atomic mass is 10.2. The molecule has 0 aliphatic carbocycles. The van der Waals surface area contributed by atoms with E-state index in [2.05, 4.69) is 15.1 Å². The maximum atomic E-state index is 5.88. The molecule has 1 unspecified atom stereocenters. The Morgan fingerprint density at radius 1 is 1.47 bits per heavy atom. The Labute approximate surface area is 98.6 Å². The van der Waals surface area contributed by atoms with E-state index in [1.807, 2.05) is 0 Å². The first-order chi connectivity index (χ1) is 8.13. The molecule has 7 heteroatoms. The van der Waals surface area contributed by atoms with Crippen LogP contribution in [0.15, 0.2) is 18.5 Å². The predicted molar refractivity (Wildman–Crippen MR) is 64.6 cm³/mol. The van der Waals surface area contributed by atoms with Crippen molar-refractivity contribution in [3.05, 3.63) is 24.3 Å². The molecule has 2 rings (SSSR count). The summed E-state index contributed by atoms with van der Waals surface area (Å²) >= 11 is 0. The van der Waals surface area contributed by atoms with Gasteiger partial charge < -0.3 is 17.2 Å². The van der Waals surface area contributed by atoms with Crippen molar-refractivity contribution in [2.24, 2.45) is 18.5 Å². The zero-order valence-electron chi connectivity index (χ0n) is 9.54. The van der Waals surface area contributed by atoms with E-state index in [1.165, 1.54) is 0 Å². The second-order valence-electron chi connectivity index (χ2n) is 3.71. The van der Waals surface area contributed by atoms with Gasteiger partial charge in [0.25, 0.3) is 0 Å². The zero-order chi connectivity index (χ0) is 12.4. The fraction of sp³-hybridized carbons (Fsp3) is 0.300.